The van der Waals surface area contributed by atoms with Crippen molar-refractivity contribution in [2.45, 2.75) is 20.8 Å². The summed E-state index contributed by atoms with van der Waals surface area (Å²) in [5.41, 5.74) is 0.370. The quantitative estimate of drug-likeness (QED) is 0.463. The topological polar surface area (TPSA) is 0 Å². The van der Waals surface area contributed by atoms with Gasteiger partial charge in [0.25, 0.3) is 0 Å². The highest BCUT2D eigenvalue weighted by molar-refractivity contribution is 5.16. The van der Waals surface area contributed by atoms with Crippen molar-refractivity contribution in [1.82, 2.24) is 0 Å². The molecule has 0 saturated carbocycles. The lowest BCUT2D eigenvalue weighted by Crippen LogP contribution is -2.18. The summed E-state index contributed by atoms with van der Waals surface area (Å²) in [5.74, 6) is 0.683. The Kier molecular flexibility index (Phi) is 1.48. The van der Waals surface area contributed by atoms with E-state index in [4.69, 9.17) is 0 Å². The summed E-state index contributed by atoms with van der Waals surface area (Å²) in [5, 5.41) is 0. The molecule has 50 valence electrons. The van der Waals surface area contributed by atoms with Gasteiger partial charge in [0.1, 0.15) is 0 Å². The van der Waals surface area contributed by atoms with Crippen molar-refractivity contribution in [1.29, 1.82) is 0 Å². The van der Waals surface area contributed by atoms with Crippen LogP contribution in [-0.2, 0) is 0 Å². The van der Waals surface area contributed by atoms with Crippen LogP contribution in [0.15, 0.2) is 24.3 Å². The Bertz CT molecular complexity index is 149. The largest absolute Gasteiger partial charge is 0.0809 e. The van der Waals surface area contributed by atoms with Gasteiger partial charge in [-0.15, -0.1) is 0 Å². The normalized spacial score (nSPS) is 30.8. The molecule has 9 heavy (non-hydrogen) atoms. The summed E-state index contributed by atoms with van der Waals surface area (Å²) in [6, 6.07) is 0. The first-order chi connectivity index (χ1) is 4.13. The molecule has 0 heterocycles. The fourth-order valence-electron chi connectivity index (χ4n) is 0.934. The predicted molar refractivity (Wildman–Crippen MR) is 41.2 cm³/mol. The lowest BCUT2D eigenvalue weighted by molar-refractivity contribution is 0.364. The van der Waals surface area contributed by atoms with Crippen molar-refractivity contribution >= 4 is 0 Å². The third kappa shape index (κ3) is 1.24. The molecule has 0 amide bonds. The van der Waals surface area contributed by atoms with E-state index in [2.05, 4.69) is 45.1 Å². The Labute approximate surface area is 57.3 Å². The number of rotatable bonds is 0. The molecule has 0 N–H and O–H groups in total. The second kappa shape index (κ2) is 2.02. The average molecular weight is 122 g/mol. The maximum atomic E-state index is 2.26. The molecule has 0 nitrogen and oxygen atoms in total. The Morgan fingerprint density at radius 1 is 1.22 bits per heavy atom. The highest BCUT2D eigenvalue weighted by atomic mass is 14.3. The summed E-state index contributed by atoms with van der Waals surface area (Å²) >= 11 is 0. The summed E-state index contributed by atoms with van der Waals surface area (Å²) in [7, 11) is 0. The van der Waals surface area contributed by atoms with Crippen molar-refractivity contribution in [3.8, 4) is 0 Å². The van der Waals surface area contributed by atoms with Crippen molar-refractivity contribution in [3.05, 3.63) is 24.3 Å². The molecule has 1 rings (SSSR count). The first-order valence-corrected chi connectivity index (χ1v) is 3.49. The van der Waals surface area contributed by atoms with E-state index in [0.717, 1.165) is 0 Å². The molecular weight excluding hydrogens is 108 g/mol. The zero-order chi connectivity index (χ0) is 6.91. The monoisotopic (exact) mass is 122 g/mol. The molecule has 1 aliphatic rings. The molecule has 0 saturated heterocycles. The van der Waals surface area contributed by atoms with Crippen LogP contribution in [0.4, 0.5) is 0 Å². The minimum absolute atomic E-state index is 0.370. The van der Waals surface area contributed by atoms with Crippen LogP contribution in [-0.4, -0.2) is 0 Å². The molecule has 0 fully saturated rings. The maximum absolute atomic E-state index is 2.26. The fraction of sp³-hybridized carbons (Fsp3) is 0.556. The second-order valence-electron chi connectivity index (χ2n) is 3.35. The standard InChI is InChI=1S/C9H14/c1-8-6-4-5-7-9(8,2)3/h4-8H,1-3H3. The van der Waals surface area contributed by atoms with Gasteiger partial charge >= 0.3 is 0 Å². The predicted octanol–water partition coefficient (Wildman–Crippen LogP) is 2.77. The van der Waals surface area contributed by atoms with E-state index in [1.165, 1.54) is 0 Å². The van der Waals surface area contributed by atoms with E-state index < -0.39 is 0 Å². The van der Waals surface area contributed by atoms with Gasteiger partial charge in [0.15, 0.2) is 0 Å². The van der Waals surface area contributed by atoms with Crippen LogP contribution in [0.5, 0.6) is 0 Å². The van der Waals surface area contributed by atoms with Gasteiger partial charge < -0.3 is 0 Å². The zero-order valence-electron chi connectivity index (χ0n) is 6.39. The molecule has 0 aromatic rings. The zero-order valence-corrected chi connectivity index (χ0v) is 6.39. The van der Waals surface area contributed by atoms with Gasteiger partial charge in [-0.25, -0.2) is 0 Å². The Morgan fingerprint density at radius 3 is 2.22 bits per heavy atom. The Hall–Kier alpha value is -0.520. The van der Waals surface area contributed by atoms with Crippen LogP contribution in [0.25, 0.3) is 0 Å². The SMILES string of the molecule is CC1C=CC=CC1(C)C. The molecule has 0 heteroatoms. The van der Waals surface area contributed by atoms with E-state index in [0.29, 0.717) is 11.3 Å². The van der Waals surface area contributed by atoms with Crippen molar-refractivity contribution < 1.29 is 0 Å². The van der Waals surface area contributed by atoms with Crippen LogP contribution in [0.2, 0.25) is 0 Å². The van der Waals surface area contributed by atoms with Crippen LogP contribution < -0.4 is 0 Å². The lowest BCUT2D eigenvalue weighted by Gasteiger charge is -2.27. The van der Waals surface area contributed by atoms with Gasteiger partial charge in [-0.1, -0.05) is 45.1 Å². The van der Waals surface area contributed by atoms with Gasteiger partial charge in [0, 0.05) is 0 Å². The number of hydrogen-bond acceptors (Lipinski definition) is 0. The van der Waals surface area contributed by atoms with Gasteiger partial charge in [-0.05, 0) is 11.3 Å². The van der Waals surface area contributed by atoms with Crippen molar-refractivity contribution in [2.75, 3.05) is 0 Å². The van der Waals surface area contributed by atoms with E-state index in [1.807, 2.05) is 0 Å². The highest BCUT2D eigenvalue weighted by Crippen LogP contribution is 2.31. The summed E-state index contributed by atoms with van der Waals surface area (Å²) in [6.45, 7) is 6.77. The van der Waals surface area contributed by atoms with E-state index >= 15 is 0 Å². The molecule has 0 aliphatic heterocycles. The van der Waals surface area contributed by atoms with Crippen LogP contribution >= 0.6 is 0 Å². The summed E-state index contributed by atoms with van der Waals surface area (Å²) < 4.78 is 0. The molecule has 1 unspecified atom stereocenters. The smallest absolute Gasteiger partial charge is 0.0112 e. The molecule has 0 bridgehead atoms. The fourth-order valence-corrected chi connectivity index (χ4v) is 0.934. The Balaban J connectivity index is 2.78. The van der Waals surface area contributed by atoms with Gasteiger partial charge in [-0.2, -0.15) is 0 Å². The summed E-state index contributed by atoms with van der Waals surface area (Å²) in [6.07, 6.45) is 8.76. The van der Waals surface area contributed by atoms with Crippen molar-refractivity contribution in [3.63, 3.8) is 0 Å². The Morgan fingerprint density at radius 2 is 1.89 bits per heavy atom. The minimum Gasteiger partial charge on any atom is -0.0809 e. The van der Waals surface area contributed by atoms with Crippen LogP contribution in [0.3, 0.4) is 0 Å². The first kappa shape index (κ1) is 6.60. The first-order valence-electron chi connectivity index (χ1n) is 3.49. The molecule has 0 aromatic carbocycles. The van der Waals surface area contributed by atoms with Gasteiger partial charge in [0.2, 0.25) is 0 Å². The van der Waals surface area contributed by atoms with Crippen LogP contribution in [0, 0.1) is 11.3 Å². The molecule has 0 spiro atoms. The van der Waals surface area contributed by atoms with E-state index in [-0.39, 0.29) is 0 Å². The molecule has 1 atom stereocenters. The molecule has 0 radical (unpaired) electrons. The van der Waals surface area contributed by atoms with Crippen molar-refractivity contribution in [2.24, 2.45) is 11.3 Å². The third-order valence-electron chi connectivity index (χ3n) is 2.21. The van der Waals surface area contributed by atoms with E-state index in [9.17, 15) is 0 Å². The van der Waals surface area contributed by atoms with Gasteiger partial charge in [-0.3, -0.25) is 0 Å². The number of hydrogen-bond donors (Lipinski definition) is 0. The third-order valence-corrected chi connectivity index (χ3v) is 2.21. The number of allylic oxidation sites excluding steroid dienone is 4. The summed E-state index contributed by atoms with van der Waals surface area (Å²) in [4.78, 5) is 0. The molecule has 0 aromatic heterocycles. The van der Waals surface area contributed by atoms with Crippen LogP contribution in [0.1, 0.15) is 20.8 Å². The van der Waals surface area contributed by atoms with E-state index in [1.54, 1.807) is 0 Å². The lowest BCUT2D eigenvalue weighted by atomic mass is 9.77. The molecule has 1 aliphatic carbocycles. The average Bonchev–Trinajstić information content (AvgIpc) is 1.77. The maximum Gasteiger partial charge on any atom is -0.0112 e. The highest BCUT2D eigenvalue weighted by Gasteiger charge is 2.21. The minimum atomic E-state index is 0.370. The molecular formula is C9H14. The second-order valence-corrected chi connectivity index (χ2v) is 3.35. The van der Waals surface area contributed by atoms with Gasteiger partial charge in [0.05, 0.1) is 0 Å².